The standard InChI is InChI=1S/C15H16FN3O4/c1-15(2,3)23-14(22)18-8-4-5-11(16)9(6-8)12-10(13(20)21)7-17-19-12/h4-7H,1-3H3,(H,17,19)(H,18,22)(H,20,21). The van der Waals surface area contributed by atoms with E-state index in [-0.39, 0.29) is 22.5 Å². The fourth-order valence-corrected chi connectivity index (χ4v) is 1.87. The number of ether oxygens (including phenoxy) is 1. The van der Waals surface area contributed by atoms with Crippen molar-refractivity contribution in [3.63, 3.8) is 0 Å². The highest BCUT2D eigenvalue weighted by atomic mass is 19.1. The van der Waals surface area contributed by atoms with Gasteiger partial charge < -0.3 is 9.84 Å². The summed E-state index contributed by atoms with van der Waals surface area (Å²) in [4.78, 5) is 22.9. The van der Waals surface area contributed by atoms with E-state index in [1.807, 2.05) is 0 Å². The van der Waals surface area contributed by atoms with Crippen molar-refractivity contribution in [1.82, 2.24) is 10.2 Å². The molecule has 1 heterocycles. The zero-order valence-electron chi connectivity index (χ0n) is 12.8. The Morgan fingerprint density at radius 2 is 2.04 bits per heavy atom. The first-order valence-electron chi connectivity index (χ1n) is 6.74. The second kappa shape index (κ2) is 6.07. The molecule has 0 aliphatic rings. The highest BCUT2D eigenvalue weighted by Gasteiger charge is 2.19. The van der Waals surface area contributed by atoms with Crippen LogP contribution in [-0.2, 0) is 4.74 Å². The molecule has 3 N–H and O–H groups in total. The molecule has 8 heteroatoms. The predicted octanol–water partition coefficient (Wildman–Crippen LogP) is 3.26. The number of hydrogen-bond acceptors (Lipinski definition) is 4. The topological polar surface area (TPSA) is 104 Å². The minimum Gasteiger partial charge on any atom is -0.478 e. The lowest BCUT2D eigenvalue weighted by molar-refractivity contribution is 0.0634. The number of carboxylic acid groups (broad SMARTS) is 1. The Bertz CT molecular complexity index is 749. The molecule has 0 fully saturated rings. The van der Waals surface area contributed by atoms with Crippen molar-refractivity contribution in [1.29, 1.82) is 0 Å². The maximum Gasteiger partial charge on any atom is 0.412 e. The van der Waals surface area contributed by atoms with Crippen molar-refractivity contribution < 1.29 is 23.8 Å². The van der Waals surface area contributed by atoms with Crippen LogP contribution in [0.2, 0.25) is 0 Å². The number of carboxylic acids is 1. The van der Waals surface area contributed by atoms with Crippen molar-refractivity contribution >= 4 is 17.7 Å². The Balaban J connectivity index is 2.31. The molecule has 122 valence electrons. The fraction of sp³-hybridized carbons (Fsp3) is 0.267. The number of carbonyl (C=O) groups excluding carboxylic acids is 1. The summed E-state index contributed by atoms with van der Waals surface area (Å²) < 4.78 is 19.1. The third-order valence-electron chi connectivity index (χ3n) is 2.75. The lowest BCUT2D eigenvalue weighted by atomic mass is 10.1. The quantitative estimate of drug-likeness (QED) is 0.805. The number of nitrogens with one attached hydrogen (secondary N) is 2. The largest absolute Gasteiger partial charge is 0.478 e. The second-order valence-electron chi connectivity index (χ2n) is 5.79. The first-order chi connectivity index (χ1) is 10.7. The predicted molar refractivity (Wildman–Crippen MR) is 80.8 cm³/mol. The molecule has 0 saturated carbocycles. The van der Waals surface area contributed by atoms with Crippen LogP contribution >= 0.6 is 0 Å². The number of hydrogen-bond donors (Lipinski definition) is 3. The van der Waals surface area contributed by atoms with E-state index in [4.69, 9.17) is 9.84 Å². The number of nitrogens with zero attached hydrogens (tertiary/aromatic N) is 1. The Morgan fingerprint density at radius 1 is 1.35 bits per heavy atom. The summed E-state index contributed by atoms with van der Waals surface area (Å²) in [6.45, 7) is 5.14. The van der Waals surface area contributed by atoms with Gasteiger partial charge in [-0.3, -0.25) is 10.4 Å². The summed E-state index contributed by atoms with van der Waals surface area (Å²) in [5.41, 5.74) is -0.580. The number of halogens is 1. The summed E-state index contributed by atoms with van der Waals surface area (Å²) >= 11 is 0. The number of anilines is 1. The van der Waals surface area contributed by atoms with Gasteiger partial charge in [-0.05, 0) is 39.0 Å². The van der Waals surface area contributed by atoms with Gasteiger partial charge in [0.1, 0.15) is 17.0 Å². The number of amides is 1. The maximum absolute atomic E-state index is 14.0. The van der Waals surface area contributed by atoms with Gasteiger partial charge in [0.15, 0.2) is 0 Å². The van der Waals surface area contributed by atoms with Gasteiger partial charge in [-0.25, -0.2) is 14.0 Å². The fourth-order valence-electron chi connectivity index (χ4n) is 1.87. The molecule has 0 radical (unpaired) electrons. The van der Waals surface area contributed by atoms with Gasteiger partial charge in [-0.1, -0.05) is 0 Å². The van der Waals surface area contributed by atoms with Gasteiger partial charge in [-0.15, -0.1) is 0 Å². The lowest BCUT2D eigenvalue weighted by Gasteiger charge is -2.19. The molecule has 0 spiro atoms. The van der Waals surface area contributed by atoms with Crippen molar-refractivity contribution in [3.8, 4) is 11.3 Å². The minimum atomic E-state index is -1.24. The molecule has 23 heavy (non-hydrogen) atoms. The van der Waals surface area contributed by atoms with E-state index in [1.54, 1.807) is 20.8 Å². The molecule has 2 aromatic rings. The zero-order chi connectivity index (χ0) is 17.2. The molecule has 0 bridgehead atoms. The summed E-state index contributed by atoms with van der Waals surface area (Å²) in [6, 6.07) is 3.77. The maximum atomic E-state index is 14.0. The van der Waals surface area contributed by atoms with E-state index in [2.05, 4.69) is 15.5 Å². The normalized spacial score (nSPS) is 11.1. The van der Waals surface area contributed by atoms with E-state index in [0.717, 1.165) is 12.3 Å². The molecular weight excluding hydrogens is 305 g/mol. The smallest absolute Gasteiger partial charge is 0.412 e. The van der Waals surface area contributed by atoms with Gasteiger partial charge in [-0.2, -0.15) is 5.10 Å². The van der Waals surface area contributed by atoms with Crippen molar-refractivity contribution in [2.24, 2.45) is 0 Å². The van der Waals surface area contributed by atoms with Crippen LogP contribution in [-0.4, -0.2) is 33.0 Å². The SMILES string of the molecule is CC(C)(C)OC(=O)Nc1ccc(F)c(-c2[nH]ncc2C(=O)O)c1. The lowest BCUT2D eigenvalue weighted by Crippen LogP contribution is -2.27. The Hall–Kier alpha value is -2.90. The van der Waals surface area contributed by atoms with Gasteiger partial charge in [0.05, 0.1) is 11.9 Å². The summed E-state index contributed by atoms with van der Waals surface area (Å²) in [5, 5.41) is 17.6. The van der Waals surface area contributed by atoms with Crippen LogP contribution in [0.4, 0.5) is 14.9 Å². The van der Waals surface area contributed by atoms with Gasteiger partial charge in [0.2, 0.25) is 0 Å². The molecule has 1 amide bonds. The molecule has 1 aromatic heterocycles. The zero-order valence-corrected chi connectivity index (χ0v) is 12.8. The third kappa shape index (κ3) is 4.06. The van der Waals surface area contributed by atoms with Gasteiger partial charge in [0, 0.05) is 11.3 Å². The van der Waals surface area contributed by atoms with E-state index in [9.17, 15) is 14.0 Å². The molecule has 0 atom stereocenters. The van der Waals surface area contributed by atoms with Gasteiger partial charge in [0.25, 0.3) is 0 Å². The van der Waals surface area contributed by atoms with Gasteiger partial charge >= 0.3 is 12.1 Å². The first kappa shape index (κ1) is 16.5. The Kier molecular flexibility index (Phi) is 4.35. The highest BCUT2D eigenvalue weighted by Crippen LogP contribution is 2.27. The van der Waals surface area contributed by atoms with Crippen molar-refractivity contribution in [2.75, 3.05) is 5.32 Å². The third-order valence-corrected chi connectivity index (χ3v) is 2.75. The van der Waals surface area contributed by atoms with Crippen LogP contribution in [0.3, 0.4) is 0 Å². The van der Waals surface area contributed by atoms with Crippen LogP contribution < -0.4 is 5.32 Å². The highest BCUT2D eigenvalue weighted by molar-refractivity contribution is 5.95. The van der Waals surface area contributed by atoms with E-state index < -0.39 is 23.5 Å². The van der Waals surface area contributed by atoms with E-state index >= 15 is 0 Å². The second-order valence-corrected chi connectivity index (χ2v) is 5.79. The number of aromatic carboxylic acids is 1. The van der Waals surface area contributed by atoms with Crippen LogP contribution in [0.5, 0.6) is 0 Å². The van der Waals surface area contributed by atoms with Crippen LogP contribution in [0, 0.1) is 5.82 Å². The number of rotatable bonds is 3. The molecule has 2 rings (SSSR count). The first-order valence-corrected chi connectivity index (χ1v) is 6.74. The molecular formula is C15H16FN3O4. The Labute approximate surface area is 131 Å². The molecule has 0 aliphatic carbocycles. The average molecular weight is 321 g/mol. The molecule has 1 aromatic carbocycles. The Morgan fingerprint density at radius 3 is 2.65 bits per heavy atom. The minimum absolute atomic E-state index is 0.0165. The van der Waals surface area contributed by atoms with Crippen LogP contribution in [0.25, 0.3) is 11.3 Å². The summed E-state index contributed by atoms with van der Waals surface area (Å²) in [7, 11) is 0. The van der Waals surface area contributed by atoms with Crippen LogP contribution in [0.1, 0.15) is 31.1 Å². The summed E-state index contributed by atoms with van der Waals surface area (Å²) in [6.07, 6.45) is 0.392. The van der Waals surface area contributed by atoms with Crippen molar-refractivity contribution in [2.45, 2.75) is 26.4 Å². The number of aromatic nitrogens is 2. The number of carbonyl (C=O) groups is 2. The molecule has 7 nitrogen and oxygen atoms in total. The molecule has 0 aliphatic heterocycles. The average Bonchev–Trinajstić information content (AvgIpc) is 2.88. The summed E-state index contributed by atoms with van der Waals surface area (Å²) in [5.74, 6) is -1.88. The van der Waals surface area contributed by atoms with E-state index in [0.29, 0.717) is 0 Å². The van der Waals surface area contributed by atoms with Crippen molar-refractivity contribution in [3.05, 3.63) is 35.8 Å². The number of H-pyrrole nitrogens is 1. The monoisotopic (exact) mass is 321 g/mol. The number of benzene rings is 1. The molecule has 0 unspecified atom stereocenters. The molecule has 0 saturated heterocycles. The van der Waals surface area contributed by atoms with Crippen LogP contribution in [0.15, 0.2) is 24.4 Å². The van der Waals surface area contributed by atoms with E-state index in [1.165, 1.54) is 12.1 Å². The number of aromatic amines is 1.